The fraction of sp³-hybridized carbons (Fsp3) is 0.455. The Morgan fingerprint density at radius 1 is 1.17 bits per heavy atom. The molecular weight excluding hydrogens is 382 g/mol. The van der Waals surface area contributed by atoms with E-state index in [1.54, 1.807) is 18.4 Å². The van der Waals surface area contributed by atoms with Crippen molar-refractivity contribution in [2.24, 2.45) is 4.99 Å². The number of aromatic hydroxyl groups is 1. The third kappa shape index (κ3) is 6.52. The zero-order valence-electron chi connectivity index (χ0n) is 17.4. The predicted molar refractivity (Wildman–Crippen MR) is 118 cm³/mol. The number of nitrogens with zero attached hydrogens (tertiary/aromatic N) is 2. The van der Waals surface area contributed by atoms with E-state index in [9.17, 15) is 9.90 Å². The van der Waals surface area contributed by atoms with Crippen molar-refractivity contribution in [2.75, 3.05) is 38.0 Å². The van der Waals surface area contributed by atoms with Crippen molar-refractivity contribution in [3.8, 4) is 5.75 Å². The average molecular weight is 414 g/mol. The van der Waals surface area contributed by atoms with Crippen molar-refractivity contribution >= 4 is 17.6 Å². The Morgan fingerprint density at radius 2 is 1.93 bits per heavy atom. The molecule has 0 aliphatic carbocycles. The fourth-order valence-corrected chi connectivity index (χ4v) is 3.55. The molecule has 8 heteroatoms. The van der Waals surface area contributed by atoms with Gasteiger partial charge < -0.3 is 25.5 Å². The first kappa shape index (κ1) is 21.7. The lowest BCUT2D eigenvalue weighted by molar-refractivity contribution is -0.114. The molecule has 1 aromatic carbocycles. The highest BCUT2D eigenvalue weighted by Crippen LogP contribution is 2.24. The Hall–Kier alpha value is -3.00. The van der Waals surface area contributed by atoms with E-state index >= 15 is 0 Å². The minimum atomic E-state index is -0.225. The van der Waals surface area contributed by atoms with E-state index in [-0.39, 0.29) is 24.2 Å². The number of anilines is 1. The molecule has 3 rings (SSSR count). The van der Waals surface area contributed by atoms with Gasteiger partial charge in [0.05, 0.1) is 12.3 Å². The van der Waals surface area contributed by atoms with Gasteiger partial charge in [0.2, 0.25) is 5.91 Å². The number of hydrogen-bond donors (Lipinski definition) is 4. The monoisotopic (exact) mass is 413 g/mol. The zero-order chi connectivity index (χ0) is 21.2. The molecule has 2 aromatic rings. The number of amides is 1. The van der Waals surface area contributed by atoms with Crippen LogP contribution in [0.1, 0.15) is 38.0 Å². The number of furan rings is 1. The van der Waals surface area contributed by atoms with E-state index in [1.807, 2.05) is 19.1 Å². The molecule has 1 aromatic heterocycles. The SMILES string of the molecule is CCNC(=NCC(=O)Nc1ccc(O)cc1)NCC(c1ccco1)N1CCCCC1. The molecule has 0 saturated carbocycles. The standard InChI is InChI=1S/C22H31N5O3/c1-2-23-22(25-16-21(29)26-17-8-10-18(28)11-9-17)24-15-19(20-7-6-14-30-20)27-12-4-3-5-13-27/h6-11,14,19,28H,2-5,12-13,15-16H2,1H3,(H,26,29)(H2,23,24,25). The number of guanidine groups is 1. The van der Waals surface area contributed by atoms with Gasteiger partial charge >= 0.3 is 0 Å². The molecule has 0 bridgehead atoms. The van der Waals surface area contributed by atoms with Crippen LogP contribution >= 0.6 is 0 Å². The summed E-state index contributed by atoms with van der Waals surface area (Å²) in [5.74, 6) is 1.46. The number of aliphatic imine (C=N–C) groups is 1. The van der Waals surface area contributed by atoms with Gasteiger partial charge in [-0.25, -0.2) is 4.99 Å². The quantitative estimate of drug-likeness (QED) is 0.302. The lowest BCUT2D eigenvalue weighted by Gasteiger charge is -2.33. The Morgan fingerprint density at radius 3 is 2.60 bits per heavy atom. The van der Waals surface area contributed by atoms with Gasteiger partial charge in [0.25, 0.3) is 0 Å². The van der Waals surface area contributed by atoms with Crippen LogP contribution in [0, 0.1) is 0 Å². The molecule has 30 heavy (non-hydrogen) atoms. The molecule has 4 N–H and O–H groups in total. The van der Waals surface area contributed by atoms with Gasteiger partial charge in [-0.15, -0.1) is 0 Å². The number of carbonyl (C=O) groups is 1. The molecule has 0 radical (unpaired) electrons. The van der Waals surface area contributed by atoms with E-state index < -0.39 is 0 Å². The van der Waals surface area contributed by atoms with Crippen molar-refractivity contribution in [3.63, 3.8) is 0 Å². The van der Waals surface area contributed by atoms with Gasteiger partial charge in [-0.1, -0.05) is 6.42 Å². The molecule has 1 saturated heterocycles. The van der Waals surface area contributed by atoms with Gasteiger partial charge in [-0.05, 0) is 69.3 Å². The number of hydrogen-bond acceptors (Lipinski definition) is 5. The summed E-state index contributed by atoms with van der Waals surface area (Å²) in [6, 6.07) is 10.4. The maximum absolute atomic E-state index is 12.2. The second-order valence-corrected chi connectivity index (χ2v) is 7.30. The Bertz CT molecular complexity index is 799. The summed E-state index contributed by atoms with van der Waals surface area (Å²) in [6.07, 6.45) is 5.37. The summed E-state index contributed by atoms with van der Waals surface area (Å²) >= 11 is 0. The van der Waals surface area contributed by atoms with Crippen LogP contribution in [0.4, 0.5) is 5.69 Å². The Kier molecular flexibility index (Phi) is 8.14. The van der Waals surface area contributed by atoms with E-state index in [0.717, 1.165) is 18.8 Å². The number of benzene rings is 1. The van der Waals surface area contributed by atoms with Crippen molar-refractivity contribution in [1.29, 1.82) is 0 Å². The number of phenols is 1. The first-order chi connectivity index (χ1) is 14.7. The summed E-state index contributed by atoms with van der Waals surface area (Å²) in [5.41, 5.74) is 0.619. The number of likely N-dealkylation sites (tertiary alicyclic amines) is 1. The third-order valence-corrected chi connectivity index (χ3v) is 5.04. The number of nitrogens with one attached hydrogen (secondary N) is 3. The summed E-state index contributed by atoms with van der Waals surface area (Å²) in [4.78, 5) is 19.1. The van der Waals surface area contributed by atoms with Crippen LogP contribution in [-0.2, 0) is 4.79 Å². The molecular formula is C22H31N5O3. The first-order valence-corrected chi connectivity index (χ1v) is 10.5. The highest BCUT2D eigenvalue weighted by molar-refractivity contribution is 5.94. The van der Waals surface area contributed by atoms with E-state index in [4.69, 9.17) is 4.42 Å². The molecule has 0 spiro atoms. The minimum Gasteiger partial charge on any atom is -0.508 e. The van der Waals surface area contributed by atoms with E-state index in [0.29, 0.717) is 24.7 Å². The van der Waals surface area contributed by atoms with E-state index in [1.165, 1.54) is 31.4 Å². The van der Waals surface area contributed by atoms with Crippen LogP contribution in [0.2, 0.25) is 0 Å². The van der Waals surface area contributed by atoms with Crippen LogP contribution in [0.3, 0.4) is 0 Å². The van der Waals surface area contributed by atoms with Crippen molar-refractivity contribution in [1.82, 2.24) is 15.5 Å². The topological polar surface area (TPSA) is 102 Å². The van der Waals surface area contributed by atoms with Gasteiger partial charge in [0.15, 0.2) is 5.96 Å². The summed E-state index contributed by atoms with van der Waals surface area (Å²) in [7, 11) is 0. The van der Waals surface area contributed by atoms with Crippen LogP contribution in [0.5, 0.6) is 5.75 Å². The highest BCUT2D eigenvalue weighted by atomic mass is 16.3. The zero-order valence-corrected chi connectivity index (χ0v) is 17.4. The van der Waals surface area contributed by atoms with Crippen LogP contribution < -0.4 is 16.0 Å². The van der Waals surface area contributed by atoms with Crippen LogP contribution in [-0.4, -0.2) is 54.6 Å². The molecule has 1 unspecified atom stereocenters. The molecule has 2 heterocycles. The first-order valence-electron chi connectivity index (χ1n) is 10.5. The molecule has 1 aliphatic rings. The predicted octanol–water partition coefficient (Wildman–Crippen LogP) is 2.71. The third-order valence-electron chi connectivity index (χ3n) is 5.04. The molecule has 1 atom stereocenters. The lowest BCUT2D eigenvalue weighted by Crippen LogP contribution is -2.44. The van der Waals surface area contributed by atoms with Gasteiger partial charge in [0.1, 0.15) is 18.1 Å². The summed E-state index contributed by atoms with van der Waals surface area (Å²) in [6.45, 7) is 5.42. The lowest BCUT2D eigenvalue weighted by atomic mass is 10.1. The van der Waals surface area contributed by atoms with Crippen LogP contribution in [0.25, 0.3) is 0 Å². The minimum absolute atomic E-state index is 0.00859. The number of carbonyl (C=O) groups excluding carboxylic acids is 1. The Labute approximate surface area is 177 Å². The highest BCUT2D eigenvalue weighted by Gasteiger charge is 2.24. The van der Waals surface area contributed by atoms with Gasteiger partial charge in [0, 0.05) is 18.8 Å². The molecule has 1 aliphatic heterocycles. The Balaban J connectivity index is 1.58. The van der Waals surface area contributed by atoms with Crippen molar-refractivity contribution < 1.29 is 14.3 Å². The summed E-state index contributed by atoms with van der Waals surface area (Å²) < 4.78 is 5.69. The van der Waals surface area contributed by atoms with Gasteiger partial charge in [-0.2, -0.15) is 0 Å². The van der Waals surface area contributed by atoms with Gasteiger partial charge in [-0.3, -0.25) is 9.69 Å². The maximum atomic E-state index is 12.2. The normalized spacial score (nSPS) is 16.1. The molecule has 8 nitrogen and oxygen atoms in total. The second kappa shape index (κ2) is 11.3. The molecule has 162 valence electrons. The average Bonchev–Trinajstić information content (AvgIpc) is 3.29. The van der Waals surface area contributed by atoms with E-state index in [2.05, 4.69) is 25.8 Å². The van der Waals surface area contributed by atoms with Crippen molar-refractivity contribution in [3.05, 3.63) is 48.4 Å². The molecule has 1 amide bonds. The maximum Gasteiger partial charge on any atom is 0.246 e. The summed E-state index contributed by atoms with van der Waals surface area (Å²) in [5, 5.41) is 18.6. The molecule has 1 fully saturated rings. The second-order valence-electron chi connectivity index (χ2n) is 7.30. The number of phenolic OH excluding ortho intramolecular Hbond substituents is 1. The smallest absolute Gasteiger partial charge is 0.246 e. The number of rotatable bonds is 8. The van der Waals surface area contributed by atoms with Crippen LogP contribution in [0.15, 0.2) is 52.1 Å². The number of piperidine rings is 1. The largest absolute Gasteiger partial charge is 0.508 e. The van der Waals surface area contributed by atoms with Crippen molar-refractivity contribution in [2.45, 2.75) is 32.2 Å². The fourth-order valence-electron chi connectivity index (χ4n) is 3.55.